The molecule has 1 aromatic heterocycles. The van der Waals surface area contributed by atoms with Crippen molar-refractivity contribution in [2.24, 2.45) is 5.73 Å². The second-order valence-corrected chi connectivity index (χ2v) is 3.91. The number of nitrogens with zero attached hydrogens (tertiary/aromatic N) is 2. The Morgan fingerprint density at radius 1 is 1.25 bits per heavy atom. The summed E-state index contributed by atoms with van der Waals surface area (Å²) in [5, 5.41) is 0.459. The molecule has 4 heteroatoms. The van der Waals surface area contributed by atoms with Gasteiger partial charge in [-0.3, -0.25) is 0 Å². The quantitative estimate of drug-likeness (QED) is 0.812. The second kappa shape index (κ2) is 4.60. The highest BCUT2D eigenvalue weighted by molar-refractivity contribution is 6.29. The maximum absolute atomic E-state index is 5.90. The van der Waals surface area contributed by atoms with Gasteiger partial charge in [-0.05, 0) is 18.6 Å². The van der Waals surface area contributed by atoms with Gasteiger partial charge in [0.1, 0.15) is 11.0 Å². The zero-order valence-corrected chi connectivity index (χ0v) is 9.70. The molecule has 3 nitrogen and oxygen atoms in total. The molecule has 0 radical (unpaired) electrons. The molecule has 1 aromatic carbocycles. The van der Waals surface area contributed by atoms with Gasteiger partial charge < -0.3 is 5.73 Å². The van der Waals surface area contributed by atoms with E-state index in [9.17, 15) is 0 Å². The van der Waals surface area contributed by atoms with Crippen LogP contribution in [0.3, 0.4) is 0 Å². The lowest BCUT2D eigenvalue weighted by Crippen LogP contribution is -1.97. The highest BCUT2D eigenvalue weighted by Crippen LogP contribution is 2.20. The van der Waals surface area contributed by atoms with Crippen LogP contribution in [-0.4, -0.2) is 9.97 Å². The van der Waals surface area contributed by atoms with Crippen molar-refractivity contribution in [2.45, 2.75) is 13.5 Å². The summed E-state index contributed by atoms with van der Waals surface area (Å²) < 4.78 is 0. The van der Waals surface area contributed by atoms with Crippen LogP contribution in [0.1, 0.15) is 11.4 Å². The number of aryl methyl sites for hydroxylation is 1. The van der Waals surface area contributed by atoms with Crippen molar-refractivity contribution >= 4 is 11.6 Å². The molecule has 1 heterocycles. The van der Waals surface area contributed by atoms with Crippen LogP contribution in [0.5, 0.6) is 0 Å². The van der Waals surface area contributed by atoms with Gasteiger partial charge in [0.2, 0.25) is 0 Å². The Morgan fingerprint density at radius 2 is 2.06 bits per heavy atom. The fraction of sp³-hybridized carbons (Fsp3) is 0.167. The first-order chi connectivity index (χ1) is 7.69. The lowest BCUT2D eigenvalue weighted by molar-refractivity contribution is 1.05. The van der Waals surface area contributed by atoms with Crippen LogP contribution in [0.15, 0.2) is 30.3 Å². The van der Waals surface area contributed by atoms with Crippen molar-refractivity contribution in [3.05, 3.63) is 46.9 Å². The van der Waals surface area contributed by atoms with E-state index in [4.69, 9.17) is 17.3 Å². The maximum atomic E-state index is 5.90. The molecule has 0 aliphatic carbocycles. The average Bonchev–Trinajstić information content (AvgIpc) is 2.28. The van der Waals surface area contributed by atoms with Gasteiger partial charge >= 0.3 is 0 Å². The normalized spacial score (nSPS) is 10.4. The van der Waals surface area contributed by atoms with Crippen molar-refractivity contribution in [1.82, 2.24) is 9.97 Å². The van der Waals surface area contributed by atoms with Gasteiger partial charge in [-0.15, -0.1) is 0 Å². The molecule has 0 spiro atoms. The number of halogens is 1. The standard InChI is InChI=1S/C12H12ClN3/c1-8-15-11(6-12(13)16-8)10-4-2-3-9(5-10)7-14/h2-6H,7,14H2,1H3. The molecular formula is C12H12ClN3. The smallest absolute Gasteiger partial charge is 0.133 e. The van der Waals surface area contributed by atoms with Crippen molar-refractivity contribution in [3.8, 4) is 11.3 Å². The Hall–Kier alpha value is -1.45. The van der Waals surface area contributed by atoms with E-state index in [1.807, 2.05) is 31.2 Å². The Balaban J connectivity index is 2.49. The van der Waals surface area contributed by atoms with Gasteiger partial charge in [0.15, 0.2) is 0 Å². The predicted molar refractivity (Wildman–Crippen MR) is 65.1 cm³/mol. The van der Waals surface area contributed by atoms with Gasteiger partial charge in [-0.25, -0.2) is 9.97 Å². The molecule has 0 bridgehead atoms. The lowest BCUT2D eigenvalue weighted by Gasteiger charge is -2.04. The Morgan fingerprint density at radius 3 is 2.75 bits per heavy atom. The van der Waals surface area contributed by atoms with Crippen LogP contribution in [-0.2, 0) is 6.54 Å². The molecule has 0 amide bonds. The molecule has 0 unspecified atom stereocenters. The molecule has 0 fully saturated rings. The van der Waals surface area contributed by atoms with Crippen LogP contribution < -0.4 is 5.73 Å². The number of aromatic nitrogens is 2. The molecule has 16 heavy (non-hydrogen) atoms. The molecule has 0 aliphatic rings. The monoisotopic (exact) mass is 233 g/mol. The molecule has 2 aromatic rings. The van der Waals surface area contributed by atoms with Crippen LogP contribution in [0, 0.1) is 6.92 Å². The first-order valence-electron chi connectivity index (χ1n) is 4.99. The Kier molecular flexibility index (Phi) is 3.17. The van der Waals surface area contributed by atoms with Gasteiger partial charge in [0, 0.05) is 18.2 Å². The Labute approximate surface area is 99.3 Å². The Bertz CT molecular complexity index is 491. The molecular weight excluding hydrogens is 222 g/mol. The molecule has 0 saturated heterocycles. The van der Waals surface area contributed by atoms with E-state index in [0.717, 1.165) is 16.8 Å². The number of rotatable bonds is 2. The highest BCUT2D eigenvalue weighted by Gasteiger charge is 2.03. The first-order valence-corrected chi connectivity index (χ1v) is 5.37. The molecule has 82 valence electrons. The van der Waals surface area contributed by atoms with Crippen LogP contribution in [0.4, 0.5) is 0 Å². The van der Waals surface area contributed by atoms with Crippen molar-refractivity contribution < 1.29 is 0 Å². The minimum absolute atomic E-state index is 0.459. The predicted octanol–water partition coefficient (Wildman–Crippen LogP) is 2.56. The zero-order chi connectivity index (χ0) is 11.5. The van der Waals surface area contributed by atoms with Crippen molar-refractivity contribution in [2.75, 3.05) is 0 Å². The summed E-state index contributed by atoms with van der Waals surface area (Å²) in [4.78, 5) is 8.38. The minimum atomic E-state index is 0.459. The number of nitrogens with two attached hydrogens (primary N) is 1. The summed E-state index contributed by atoms with van der Waals surface area (Å²) in [5.41, 5.74) is 8.51. The summed E-state index contributed by atoms with van der Waals surface area (Å²) in [6, 6.07) is 9.70. The molecule has 2 N–H and O–H groups in total. The fourth-order valence-corrected chi connectivity index (χ4v) is 1.76. The zero-order valence-electron chi connectivity index (χ0n) is 8.94. The fourth-order valence-electron chi connectivity index (χ4n) is 1.54. The third-order valence-corrected chi connectivity index (χ3v) is 2.46. The summed E-state index contributed by atoms with van der Waals surface area (Å²) >= 11 is 5.90. The van der Waals surface area contributed by atoms with E-state index >= 15 is 0 Å². The average molecular weight is 234 g/mol. The van der Waals surface area contributed by atoms with E-state index in [0.29, 0.717) is 17.5 Å². The SMILES string of the molecule is Cc1nc(Cl)cc(-c2cccc(CN)c2)n1. The topological polar surface area (TPSA) is 51.8 Å². The van der Waals surface area contributed by atoms with Crippen molar-refractivity contribution in [1.29, 1.82) is 0 Å². The summed E-state index contributed by atoms with van der Waals surface area (Å²) in [5.74, 6) is 0.667. The largest absolute Gasteiger partial charge is 0.326 e. The molecule has 2 rings (SSSR count). The van der Waals surface area contributed by atoms with Crippen molar-refractivity contribution in [3.63, 3.8) is 0 Å². The molecule has 0 aliphatic heterocycles. The van der Waals surface area contributed by atoms with Gasteiger partial charge in [-0.1, -0.05) is 29.8 Å². The number of hydrogen-bond donors (Lipinski definition) is 1. The van der Waals surface area contributed by atoms with Crippen LogP contribution >= 0.6 is 11.6 Å². The highest BCUT2D eigenvalue weighted by atomic mass is 35.5. The summed E-state index contributed by atoms with van der Waals surface area (Å²) in [6.07, 6.45) is 0. The van der Waals surface area contributed by atoms with E-state index in [1.54, 1.807) is 6.07 Å². The lowest BCUT2D eigenvalue weighted by atomic mass is 10.1. The molecule has 0 saturated carbocycles. The summed E-state index contributed by atoms with van der Waals surface area (Å²) in [6.45, 7) is 2.34. The van der Waals surface area contributed by atoms with Crippen LogP contribution in [0.25, 0.3) is 11.3 Å². The van der Waals surface area contributed by atoms with Gasteiger partial charge in [0.25, 0.3) is 0 Å². The second-order valence-electron chi connectivity index (χ2n) is 3.53. The van der Waals surface area contributed by atoms with E-state index < -0.39 is 0 Å². The van der Waals surface area contributed by atoms with Crippen LogP contribution in [0.2, 0.25) is 5.15 Å². The number of benzene rings is 1. The van der Waals surface area contributed by atoms with Gasteiger partial charge in [0.05, 0.1) is 5.69 Å². The first kappa shape index (κ1) is 11.0. The maximum Gasteiger partial charge on any atom is 0.133 e. The molecule has 0 atom stereocenters. The van der Waals surface area contributed by atoms with E-state index in [2.05, 4.69) is 9.97 Å². The number of hydrogen-bond acceptors (Lipinski definition) is 3. The van der Waals surface area contributed by atoms with E-state index in [1.165, 1.54) is 0 Å². The minimum Gasteiger partial charge on any atom is -0.326 e. The summed E-state index contributed by atoms with van der Waals surface area (Å²) in [7, 11) is 0. The van der Waals surface area contributed by atoms with Gasteiger partial charge in [-0.2, -0.15) is 0 Å². The third-order valence-electron chi connectivity index (χ3n) is 2.27. The van der Waals surface area contributed by atoms with E-state index in [-0.39, 0.29) is 0 Å². The third kappa shape index (κ3) is 2.38.